The van der Waals surface area contributed by atoms with E-state index in [1.54, 1.807) is 24.3 Å². The molecule has 19 heavy (non-hydrogen) atoms. The summed E-state index contributed by atoms with van der Waals surface area (Å²) in [6, 6.07) is 10.6. The summed E-state index contributed by atoms with van der Waals surface area (Å²) in [5.74, 6) is -0.0309. The summed E-state index contributed by atoms with van der Waals surface area (Å²) in [5, 5.41) is 13.2. The zero-order valence-electron chi connectivity index (χ0n) is 9.55. The molecule has 0 bridgehead atoms. The van der Waals surface area contributed by atoms with Gasteiger partial charge in [0.25, 0.3) is 0 Å². The molecule has 98 valence electrons. The molecule has 0 amide bonds. The first-order chi connectivity index (χ1) is 9.10. The van der Waals surface area contributed by atoms with Crippen LogP contribution in [0.5, 0.6) is 0 Å². The number of pyridine rings is 1. The SMILES string of the molecule is NC(=NO)c1cccc(Sc2ccc(Cl)c(Cl)c2)n1. The quantitative estimate of drug-likeness (QED) is 0.393. The second-order valence-electron chi connectivity index (χ2n) is 3.52. The van der Waals surface area contributed by atoms with Crippen LogP contribution in [-0.2, 0) is 0 Å². The van der Waals surface area contributed by atoms with E-state index < -0.39 is 0 Å². The van der Waals surface area contributed by atoms with Crippen molar-refractivity contribution < 1.29 is 5.21 Å². The monoisotopic (exact) mass is 313 g/mol. The number of hydrogen-bond acceptors (Lipinski definition) is 4. The van der Waals surface area contributed by atoms with Crippen LogP contribution in [0, 0.1) is 0 Å². The largest absolute Gasteiger partial charge is 0.409 e. The molecule has 0 saturated carbocycles. The van der Waals surface area contributed by atoms with E-state index >= 15 is 0 Å². The Morgan fingerprint density at radius 3 is 2.68 bits per heavy atom. The molecule has 7 heteroatoms. The Balaban J connectivity index is 2.26. The smallest absolute Gasteiger partial charge is 0.188 e. The molecule has 3 N–H and O–H groups in total. The Morgan fingerprint density at radius 2 is 2.00 bits per heavy atom. The molecule has 0 saturated heterocycles. The number of benzene rings is 1. The van der Waals surface area contributed by atoms with Crippen molar-refractivity contribution in [1.29, 1.82) is 0 Å². The number of hydrogen-bond donors (Lipinski definition) is 2. The molecule has 1 aromatic heterocycles. The summed E-state index contributed by atoms with van der Waals surface area (Å²) in [4.78, 5) is 5.16. The minimum Gasteiger partial charge on any atom is -0.409 e. The lowest BCUT2D eigenvalue weighted by molar-refractivity contribution is 0.318. The van der Waals surface area contributed by atoms with Gasteiger partial charge in [0.1, 0.15) is 10.7 Å². The summed E-state index contributed by atoms with van der Waals surface area (Å²) >= 11 is 13.2. The van der Waals surface area contributed by atoms with Gasteiger partial charge in [0.05, 0.1) is 10.0 Å². The zero-order chi connectivity index (χ0) is 13.8. The lowest BCUT2D eigenvalue weighted by atomic mass is 10.3. The van der Waals surface area contributed by atoms with Crippen molar-refractivity contribution in [3.05, 3.63) is 52.1 Å². The number of aromatic nitrogens is 1. The Kier molecular flexibility index (Phi) is 4.52. The van der Waals surface area contributed by atoms with Crippen molar-refractivity contribution in [3.8, 4) is 0 Å². The molecule has 0 fully saturated rings. The minimum atomic E-state index is -0.0309. The van der Waals surface area contributed by atoms with Gasteiger partial charge < -0.3 is 10.9 Å². The summed E-state index contributed by atoms with van der Waals surface area (Å²) in [6.07, 6.45) is 0. The van der Waals surface area contributed by atoms with Crippen molar-refractivity contribution in [3.63, 3.8) is 0 Å². The van der Waals surface area contributed by atoms with Gasteiger partial charge in [0, 0.05) is 4.90 Å². The molecule has 4 nitrogen and oxygen atoms in total. The van der Waals surface area contributed by atoms with E-state index in [9.17, 15) is 0 Å². The summed E-state index contributed by atoms with van der Waals surface area (Å²) in [7, 11) is 0. The summed E-state index contributed by atoms with van der Waals surface area (Å²) < 4.78 is 0. The van der Waals surface area contributed by atoms with E-state index in [1.807, 2.05) is 12.1 Å². The van der Waals surface area contributed by atoms with Crippen molar-refractivity contribution in [2.24, 2.45) is 10.9 Å². The molecule has 0 unspecified atom stereocenters. The zero-order valence-corrected chi connectivity index (χ0v) is 11.9. The van der Waals surface area contributed by atoms with Crippen LogP contribution >= 0.6 is 35.0 Å². The van der Waals surface area contributed by atoms with E-state index in [4.69, 9.17) is 34.1 Å². The predicted octanol–water partition coefficient (Wildman–Crippen LogP) is 3.63. The highest BCUT2D eigenvalue weighted by Gasteiger charge is 2.05. The fraction of sp³-hybridized carbons (Fsp3) is 0. The van der Waals surface area contributed by atoms with Gasteiger partial charge in [0.2, 0.25) is 0 Å². The minimum absolute atomic E-state index is 0.0309. The normalized spacial score (nSPS) is 11.6. The Labute approximate surface area is 124 Å². The van der Waals surface area contributed by atoms with Gasteiger partial charge in [-0.1, -0.05) is 46.2 Å². The first kappa shape index (κ1) is 14.0. The van der Waals surface area contributed by atoms with Gasteiger partial charge in [-0.15, -0.1) is 0 Å². The van der Waals surface area contributed by atoms with E-state index in [-0.39, 0.29) is 5.84 Å². The second-order valence-corrected chi connectivity index (χ2v) is 5.43. The molecule has 0 spiro atoms. The van der Waals surface area contributed by atoms with Crippen LogP contribution in [0.1, 0.15) is 5.69 Å². The van der Waals surface area contributed by atoms with Crippen molar-refractivity contribution in [2.75, 3.05) is 0 Å². The van der Waals surface area contributed by atoms with Gasteiger partial charge in [-0.3, -0.25) is 0 Å². The van der Waals surface area contributed by atoms with Gasteiger partial charge in [-0.2, -0.15) is 0 Å². The van der Waals surface area contributed by atoms with E-state index in [0.717, 1.165) is 4.90 Å². The molecule has 2 rings (SSSR count). The number of halogens is 2. The van der Waals surface area contributed by atoms with Crippen LogP contribution in [0.25, 0.3) is 0 Å². The van der Waals surface area contributed by atoms with Crippen LogP contribution < -0.4 is 5.73 Å². The molecule has 1 heterocycles. The third-order valence-corrected chi connectivity index (χ3v) is 3.87. The first-order valence-corrected chi connectivity index (χ1v) is 6.75. The topological polar surface area (TPSA) is 71.5 Å². The molecule has 0 aliphatic heterocycles. The maximum absolute atomic E-state index is 8.62. The Bertz CT molecular complexity index is 634. The van der Waals surface area contributed by atoms with Gasteiger partial charge >= 0.3 is 0 Å². The summed E-state index contributed by atoms with van der Waals surface area (Å²) in [6.45, 7) is 0. The lowest BCUT2D eigenvalue weighted by Gasteiger charge is -2.04. The van der Waals surface area contributed by atoms with Crippen LogP contribution in [0.3, 0.4) is 0 Å². The highest BCUT2D eigenvalue weighted by Crippen LogP contribution is 2.31. The van der Waals surface area contributed by atoms with Crippen LogP contribution in [0.15, 0.2) is 51.5 Å². The molecule has 2 aromatic rings. The molecule has 0 radical (unpaired) electrons. The van der Waals surface area contributed by atoms with E-state index in [1.165, 1.54) is 11.8 Å². The number of oxime groups is 1. The lowest BCUT2D eigenvalue weighted by Crippen LogP contribution is -2.14. The van der Waals surface area contributed by atoms with Crippen LogP contribution in [0.2, 0.25) is 10.0 Å². The molecular formula is C12H9Cl2N3OS. The molecule has 0 aliphatic rings. The standard InChI is InChI=1S/C12H9Cl2N3OS/c13-8-5-4-7(6-9(8)14)19-11-3-1-2-10(16-11)12(15)17-18/h1-6,18H,(H2,15,17). The number of nitrogens with two attached hydrogens (primary N) is 1. The van der Waals surface area contributed by atoms with Crippen molar-refractivity contribution >= 4 is 40.8 Å². The highest BCUT2D eigenvalue weighted by atomic mass is 35.5. The summed E-state index contributed by atoms with van der Waals surface area (Å²) in [5.41, 5.74) is 5.90. The average Bonchev–Trinajstić information content (AvgIpc) is 2.42. The fourth-order valence-corrected chi connectivity index (χ4v) is 2.53. The fourth-order valence-electron chi connectivity index (χ4n) is 1.33. The average molecular weight is 314 g/mol. The molecule has 1 aromatic carbocycles. The predicted molar refractivity (Wildman–Crippen MR) is 77.3 cm³/mol. The molecule has 0 aliphatic carbocycles. The van der Waals surface area contributed by atoms with Gasteiger partial charge in [-0.25, -0.2) is 4.98 Å². The van der Waals surface area contributed by atoms with Crippen molar-refractivity contribution in [1.82, 2.24) is 4.98 Å². The van der Waals surface area contributed by atoms with Crippen molar-refractivity contribution in [2.45, 2.75) is 9.92 Å². The number of amidine groups is 1. The van der Waals surface area contributed by atoms with E-state index in [0.29, 0.717) is 20.8 Å². The van der Waals surface area contributed by atoms with Crippen LogP contribution in [-0.4, -0.2) is 16.0 Å². The third-order valence-electron chi connectivity index (χ3n) is 2.21. The Morgan fingerprint density at radius 1 is 1.21 bits per heavy atom. The maximum Gasteiger partial charge on any atom is 0.188 e. The number of rotatable bonds is 3. The van der Waals surface area contributed by atoms with Crippen LogP contribution in [0.4, 0.5) is 0 Å². The maximum atomic E-state index is 8.62. The molecular weight excluding hydrogens is 305 g/mol. The van der Waals surface area contributed by atoms with E-state index in [2.05, 4.69) is 10.1 Å². The number of nitrogens with zero attached hydrogens (tertiary/aromatic N) is 2. The third kappa shape index (κ3) is 3.53. The Hall–Kier alpha value is -1.43. The first-order valence-electron chi connectivity index (χ1n) is 5.18. The highest BCUT2D eigenvalue weighted by molar-refractivity contribution is 7.99. The molecule has 0 atom stereocenters. The van der Waals surface area contributed by atoms with Gasteiger partial charge in [0.15, 0.2) is 5.84 Å². The van der Waals surface area contributed by atoms with Gasteiger partial charge in [-0.05, 0) is 30.3 Å². The second kappa shape index (κ2) is 6.14.